The number of carbonyl (C=O) groups is 2. The van der Waals surface area contributed by atoms with Crippen LogP contribution >= 0.6 is 15.9 Å². The Hall–Kier alpha value is -1.43. The third-order valence-electron chi connectivity index (χ3n) is 1.47. The predicted molar refractivity (Wildman–Crippen MR) is 50.2 cm³/mol. The maximum atomic E-state index is 11.1. The Balaban J connectivity index is 3.29. The van der Waals surface area contributed by atoms with Crippen molar-refractivity contribution in [3.63, 3.8) is 0 Å². The molecule has 0 aliphatic rings. The van der Waals surface area contributed by atoms with Gasteiger partial charge >= 0.3 is 11.9 Å². The minimum absolute atomic E-state index is 0.181. The number of hydrogen-bond acceptors (Lipinski definition) is 4. The van der Waals surface area contributed by atoms with Crippen LogP contribution < -0.4 is 0 Å². The summed E-state index contributed by atoms with van der Waals surface area (Å²) >= 11 is 3.03. The molecular formula is C8H6BrNO4. The van der Waals surface area contributed by atoms with Gasteiger partial charge in [0.25, 0.3) is 0 Å². The summed E-state index contributed by atoms with van der Waals surface area (Å²) in [6, 6.07) is 2.72. The van der Waals surface area contributed by atoms with Crippen molar-refractivity contribution in [2.45, 2.75) is 0 Å². The Morgan fingerprint density at radius 3 is 2.64 bits per heavy atom. The number of hydrogen-bond donors (Lipinski definition) is 1. The number of carbonyl (C=O) groups excluding carboxylic acids is 1. The average molecular weight is 260 g/mol. The number of methoxy groups -OCH3 is 1. The van der Waals surface area contributed by atoms with E-state index in [1.807, 2.05) is 0 Å². The van der Waals surface area contributed by atoms with Gasteiger partial charge in [-0.2, -0.15) is 0 Å². The Morgan fingerprint density at radius 2 is 2.14 bits per heavy atom. The van der Waals surface area contributed by atoms with E-state index in [4.69, 9.17) is 5.11 Å². The van der Waals surface area contributed by atoms with Gasteiger partial charge in [0.05, 0.1) is 12.7 Å². The maximum absolute atomic E-state index is 11.1. The standard InChI is InChI=1S/C8H6BrNO4/c1-14-8(13)6-4(7(11)12)2-3-5(9)10-6/h2-3H,1H3,(H,11,12). The first-order valence-corrected chi connectivity index (χ1v) is 4.33. The molecule has 0 bridgehead atoms. The van der Waals surface area contributed by atoms with Gasteiger partial charge in [-0.1, -0.05) is 0 Å². The van der Waals surface area contributed by atoms with Crippen LogP contribution in [0.4, 0.5) is 0 Å². The van der Waals surface area contributed by atoms with E-state index in [0.717, 1.165) is 7.11 Å². The van der Waals surface area contributed by atoms with Gasteiger partial charge in [0.15, 0.2) is 5.69 Å². The van der Waals surface area contributed by atoms with E-state index in [9.17, 15) is 9.59 Å². The monoisotopic (exact) mass is 259 g/mol. The number of rotatable bonds is 2. The molecule has 0 spiro atoms. The summed E-state index contributed by atoms with van der Waals surface area (Å²) < 4.78 is 4.77. The molecule has 0 aliphatic heterocycles. The summed E-state index contributed by atoms with van der Waals surface area (Å²) in [5.74, 6) is -1.99. The summed E-state index contributed by atoms with van der Waals surface area (Å²) in [6.45, 7) is 0. The fourth-order valence-electron chi connectivity index (χ4n) is 0.860. The van der Waals surface area contributed by atoms with Gasteiger partial charge in [-0.25, -0.2) is 14.6 Å². The lowest BCUT2D eigenvalue weighted by molar-refractivity contribution is 0.0575. The van der Waals surface area contributed by atoms with Crippen LogP contribution in [-0.2, 0) is 4.74 Å². The van der Waals surface area contributed by atoms with Gasteiger partial charge < -0.3 is 9.84 Å². The number of carboxylic acids is 1. The molecule has 0 saturated heterocycles. The molecule has 0 amide bonds. The van der Waals surface area contributed by atoms with Crippen LogP contribution in [0.25, 0.3) is 0 Å². The van der Waals surface area contributed by atoms with Gasteiger partial charge in [0, 0.05) is 0 Å². The molecule has 0 aliphatic carbocycles. The van der Waals surface area contributed by atoms with Gasteiger partial charge in [-0.3, -0.25) is 0 Å². The summed E-state index contributed by atoms with van der Waals surface area (Å²) in [7, 11) is 1.16. The van der Waals surface area contributed by atoms with E-state index in [0.29, 0.717) is 4.60 Å². The predicted octanol–water partition coefficient (Wildman–Crippen LogP) is 1.33. The summed E-state index contributed by atoms with van der Waals surface area (Å²) in [5.41, 5.74) is -0.394. The Morgan fingerprint density at radius 1 is 1.50 bits per heavy atom. The highest BCUT2D eigenvalue weighted by Crippen LogP contribution is 2.13. The van der Waals surface area contributed by atoms with Crippen molar-refractivity contribution >= 4 is 27.9 Å². The molecule has 74 valence electrons. The molecule has 5 nitrogen and oxygen atoms in total. The van der Waals surface area contributed by atoms with Crippen molar-refractivity contribution in [3.05, 3.63) is 28.0 Å². The third kappa shape index (κ3) is 2.08. The molecule has 1 aromatic heterocycles. The molecule has 0 saturated carbocycles. The highest BCUT2D eigenvalue weighted by molar-refractivity contribution is 9.10. The number of aromatic nitrogens is 1. The van der Waals surface area contributed by atoms with Crippen LogP contribution in [0.2, 0.25) is 0 Å². The van der Waals surface area contributed by atoms with Crippen molar-refractivity contribution < 1.29 is 19.4 Å². The van der Waals surface area contributed by atoms with Crippen molar-refractivity contribution in [2.75, 3.05) is 7.11 Å². The minimum atomic E-state index is -1.22. The third-order valence-corrected chi connectivity index (χ3v) is 1.91. The van der Waals surface area contributed by atoms with E-state index in [1.54, 1.807) is 0 Å². The lowest BCUT2D eigenvalue weighted by atomic mass is 10.2. The van der Waals surface area contributed by atoms with E-state index >= 15 is 0 Å². The first kappa shape index (κ1) is 10.6. The Labute approximate surface area is 87.8 Å². The second-order valence-corrected chi connectivity index (χ2v) is 3.14. The first-order valence-electron chi connectivity index (χ1n) is 3.54. The van der Waals surface area contributed by atoms with Crippen LogP contribution in [0.15, 0.2) is 16.7 Å². The Kier molecular flexibility index (Phi) is 3.19. The zero-order valence-electron chi connectivity index (χ0n) is 7.15. The van der Waals surface area contributed by atoms with Gasteiger partial charge in [0.2, 0.25) is 0 Å². The number of carboxylic acid groups (broad SMARTS) is 1. The minimum Gasteiger partial charge on any atom is -0.478 e. The van der Waals surface area contributed by atoms with Crippen LogP contribution in [0, 0.1) is 0 Å². The van der Waals surface area contributed by atoms with Crippen molar-refractivity contribution in [1.29, 1.82) is 0 Å². The molecule has 1 heterocycles. The zero-order valence-corrected chi connectivity index (χ0v) is 8.74. The fraction of sp³-hybridized carbons (Fsp3) is 0.125. The highest BCUT2D eigenvalue weighted by atomic mass is 79.9. The largest absolute Gasteiger partial charge is 0.478 e. The van der Waals surface area contributed by atoms with Gasteiger partial charge in [-0.15, -0.1) is 0 Å². The van der Waals surface area contributed by atoms with Crippen molar-refractivity contribution in [1.82, 2.24) is 4.98 Å². The zero-order chi connectivity index (χ0) is 10.7. The van der Waals surface area contributed by atoms with E-state index in [1.165, 1.54) is 12.1 Å². The van der Waals surface area contributed by atoms with Gasteiger partial charge in [-0.05, 0) is 28.1 Å². The second kappa shape index (κ2) is 4.19. The Bertz CT molecular complexity index is 391. The maximum Gasteiger partial charge on any atom is 0.357 e. The topological polar surface area (TPSA) is 76.5 Å². The highest BCUT2D eigenvalue weighted by Gasteiger charge is 2.18. The van der Waals surface area contributed by atoms with E-state index in [2.05, 4.69) is 25.7 Å². The number of esters is 1. The molecule has 0 atom stereocenters. The smallest absolute Gasteiger partial charge is 0.357 e. The molecule has 1 rings (SSSR count). The van der Waals surface area contributed by atoms with E-state index in [-0.39, 0.29) is 11.3 Å². The van der Waals surface area contributed by atoms with Crippen LogP contribution in [0.5, 0.6) is 0 Å². The van der Waals surface area contributed by atoms with E-state index < -0.39 is 11.9 Å². The molecule has 0 radical (unpaired) electrons. The van der Waals surface area contributed by atoms with Crippen LogP contribution in [0.1, 0.15) is 20.8 Å². The molecule has 1 aromatic rings. The summed E-state index contributed by atoms with van der Waals surface area (Å²) in [4.78, 5) is 25.5. The second-order valence-electron chi connectivity index (χ2n) is 2.33. The number of pyridine rings is 1. The molecule has 0 unspecified atom stereocenters. The lowest BCUT2D eigenvalue weighted by Crippen LogP contribution is -2.12. The number of ether oxygens (including phenoxy) is 1. The summed E-state index contributed by atoms with van der Waals surface area (Å²) in [6.07, 6.45) is 0. The molecule has 1 N–H and O–H groups in total. The van der Waals surface area contributed by atoms with Crippen LogP contribution in [-0.4, -0.2) is 29.1 Å². The molecule has 14 heavy (non-hydrogen) atoms. The average Bonchev–Trinajstić information content (AvgIpc) is 2.16. The fourth-order valence-corrected chi connectivity index (χ4v) is 1.17. The normalized spacial score (nSPS) is 9.57. The lowest BCUT2D eigenvalue weighted by Gasteiger charge is -2.02. The number of halogens is 1. The SMILES string of the molecule is COC(=O)c1nc(Br)ccc1C(=O)O. The number of nitrogens with zero attached hydrogens (tertiary/aromatic N) is 1. The van der Waals surface area contributed by atoms with Gasteiger partial charge in [0.1, 0.15) is 4.60 Å². The molecular weight excluding hydrogens is 254 g/mol. The summed E-state index contributed by atoms with van der Waals surface area (Å²) in [5, 5.41) is 8.74. The van der Waals surface area contributed by atoms with Crippen molar-refractivity contribution in [3.8, 4) is 0 Å². The quantitative estimate of drug-likeness (QED) is 0.641. The first-order chi connectivity index (χ1) is 6.56. The molecule has 6 heteroatoms. The molecule has 0 aromatic carbocycles. The van der Waals surface area contributed by atoms with Crippen molar-refractivity contribution in [2.24, 2.45) is 0 Å². The molecule has 0 fully saturated rings. The van der Waals surface area contributed by atoms with Crippen LogP contribution in [0.3, 0.4) is 0 Å². The number of aromatic carboxylic acids is 1.